The van der Waals surface area contributed by atoms with Crippen molar-refractivity contribution in [2.24, 2.45) is 0 Å². The Hall–Kier alpha value is -2.47. The lowest BCUT2D eigenvalue weighted by Gasteiger charge is -1.99. The number of carbonyl (C=O) groups excluding carboxylic acids is 1. The van der Waals surface area contributed by atoms with Gasteiger partial charge in [-0.3, -0.25) is 9.78 Å². The molecule has 0 atom stereocenters. The lowest BCUT2D eigenvalue weighted by atomic mass is 10.3. The van der Waals surface area contributed by atoms with E-state index in [2.05, 4.69) is 20.4 Å². The molecule has 0 unspecified atom stereocenters. The average molecular weight is 274 g/mol. The summed E-state index contributed by atoms with van der Waals surface area (Å²) in [4.78, 5) is 20.0. The van der Waals surface area contributed by atoms with Crippen molar-refractivity contribution in [3.8, 4) is 0 Å². The molecule has 0 aromatic carbocycles. The van der Waals surface area contributed by atoms with E-state index in [4.69, 9.17) is 11.6 Å². The van der Waals surface area contributed by atoms with Crippen molar-refractivity contribution in [3.63, 3.8) is 0 Å². The zero-order chi connectivity index (χ0) is 13.2. The van der Waals surface area contributed by atoms with Crippen LogP contribution >= 0.6 is 11.6 Å². The van der Waals surface area contributed by atoms with Crippen LogP contribution in [0, 0.1) is 0 Å². The van der Waals surface area contributed by atoms with Crippen LogP contribution in [0.1, 0.15) is 10.4 Å². The fourth-order valence-corrected chi connectivity index (χ4v) is 1.75. The second kappa shape index (κ2) is 4.66. The molecule has 0 aliphatic rings. The van der Waals surface area contributed by atoms with Gasteiger partial charge >= 0.3 is 0 Å². The van der Waals surface area contributed by atoms with Gasteiger partial charge < -0.3 is 5.32 Å². The number of imidazole rings is 1. The molecule has 7 heteroatoms. The maximum atomic E-state index is 11.9. The molecule has 0 aliphatic carbocycles. The fraction of sp³-hybridized carbons (Fsp3) is 0. The van der Waals surface area contributed by atoms with Gasteiger partial charge in [-0.2, -0.15) is 5.10 Å². The minimum atomic E-state index is -0.275. The van der Waals surface area contributed by atoms with Gasteiger partial charge in [0.25, 0.3) is 5.91 Å². The number of halogens is 1. The van der Waals surface area contributed by atoms with E-state index in [-0.39, 0.29) is 5.91 Å². The molecule has 0 spiro atoms. The van der Waals surface area contributed by atoms with Crippen LogP contribution in [0.25, 0.3) is 5.65 Å². The Morgan fingerprint density at radius 2 is 2.21 bits per heavy atom. The van der Waals surface area contributed by atoms with Crippen molar-refractivity contribution in [2.45, 2.75) is 0 Å². The lowest BCUT2D eigenvalue weighted by molar-refractivity contribution is 0.102. The first-order valence-corrected chi connectivity index (χ1v) is 5.83. The van der Waals surface area contributed by atoms with Crippen LogP contribution in [0.4, 0.5) is 5.82 Å². The number of nitrogens with one attached hydrogen (secondary N) is 1. The molecule has 3 rings (SSSR count). The number of anilines is 1. The maximum absolute atomic E-state index is 11.9. The Balaban J connectivity index is 1.87. The minimum Gasteiger partial charge on any atom is -0.305 e. The quantitative estimate of drug-likeness (QED) is 0.775. The molecule has 1 amide bonds. The molecule has 1 N–H and O–H groups in total. The van der Waals surface area contributed by atoms with Crippen molar-refractivity contribution >= 4 is 29.0 Å². The smallest absolute Gasteiger partial charge is 0.258 e. The molecule has 0 bridgehead atoms. The predicted molar refractivity (Wildman–Crippen MR) is 70.2 cm³/mol. The summed E-state index contributed by atoms with van der Waals surface area (Å²) in [6.45, 7) is 0. The zero-order valence-electron chi connectivity index (χ0n) is 9.62. The molecule has 0 saturated heterocycles. The monoisotopic (exact) mass is 273 g/mol. The summed E-state index contributed by atoms with van der Waals surface area (Å²) >= 11 is 5.77. The minimum absolute atomic E-state index is 0.275. The van der Waals surface area contributed by atoms with Crippen LogP contribution in [-0.4, -0.2) is 25.5 Å². The molecular formula is C12H8ClN5O. The van der Waals surface area contributed by atoms with Gasteiger partial charge in [-0.25, -0.2) is 9.50 Å². The first kappa shape index (κ1) is 11.6. The first-order chi connectivity index (χ1) is 9.22. The number of hydrogen-bond acceptors (Lipinski definition) is 4. The van der Waals surface area contributed by atoms with Gasteiger partial charge in [0.1, 0.15) is 5.15 Å². The number of rotatable bonds is 2. The maximum Gasteiger partial charge on any atom is 0.258 e. The van der Waals surface area contributed by atoms with E-state index < -0.39 is 0 Å². The first-order valence-electron chi connectivity index (χ1n) is 5.46. The second-order valence-electron chi connectivity index (χ2n) is 3.78. The van der Waals surface area contributed by atoms with E-state index in [9.17, 15) is 4.79 Å². The highest BCUT2D eigenvalue weighted by Crippen LogP contribution is 2.12. The van der Waals surface area contributed by atoms with Crippen molar-refractivity contribution in [3.05, 3.63) is 53.6 Å². The van der Waals surface area contributed by atoms with Gasteiger partial charge in [0.05, 0.1) is 11.8 Å². The summed E-state index contributed by atoms with van der Waals surface area (Å²) in [7, 11) is 0. The van der Waals surface area contributed by atoms with E-state index in [0.717, 1.165) is 0 Å². The Kier molecular flexibility index (Phi) is 2.85. The summed E-state index contributed by atoms with van der Waals surface area (Å²) in [6, 6.07) is 6.72. The van der Waals surface area contributed by atoms with Gasteiger partial charge in [0, 0.05) is 12.4 Å². The van der Waals surface area contributed by atoms with E-state index >= 15 is 0 Å². The highest BCUT2D eigenvalue weighted by Gasteiger charge is 2.09. The molecule has 3 aromatic heterocycles. The normalized spacial score (nSPS) is 10.6. The summed E-state index contributed by atoms with van der Waals surface area (Å²) in [5.41, 5.74) is 1.07. The molecule has 3 heterocycles. The number of fused-ring (bicyclic) bond motifs is 1. The molecule has 6 nitrogen and oxygen atoms in total. The number of carbonyl (C=O) groups is 1. The third-order valence-corrected chi connectivity index (χ3v) is 2.65. The predicted octanol–water partition coefficient (Wildman–Crippen LogP) is 2.03. The van der Waals surface area contributed by atoms with Gasteiger partial charge in [-0.05, 0) is 24.3 Å². The van der Waals surface area contributed by atoms with E-state index in [1.165, 1.54) is 10.7 Å². The van der Waals surface area contributed by atoms with Crippen LogP contribution in [0.15, 0.2) is 42.9 Å². The zero-order valence-corrected chi connectivity index (χ0v) is 10.4. The summed E-state index contributed by atoms with van der Waals surface area (Å²) < 4.78 is 1.50. The third kappa shape index (κ3) is 2.38. The van der Waals surface area contributed by atoms with Gasteiger partial charge in [0.2, 0.25) is 0 Å². The van der Waals surface area contributed by atoms with Crippen LogP contribution in [0.5, 0.6) is 0 Å². The van der Waals surface area contributed by atoms with Gasteiger partial charge in [-0.15, -0.1) is 0 Å². The van der Waals surface area contributed by atoms with E-state index in [0.29, 0.717) is 22.2 Å². The number of pyridine rings is 1. The van der Waals surface area contributed by atoms with E-state index in [1.807, 2.05) is 0 Å². The van der Waals surface area contributed by atoms with Crippen LogP contribution in [0.3, 0.4) is 0 Å². The highest BCUT2D eigenvalue weighted by atomic mass is 35.5. The average Bonchev–Trinajstić information content (AvgIpc) is 2.81. The van der Waals surface area contributed by atoms with Crippen molar-refractivity contribution < 1.29 is 4.79 Å². The van der Waals surface area contributed by atoms with Gasteiger partial charge in [0.15, 0.2) is 11.5 Å². The standard InChI is InChI=1S/C12H8ClN5O/c13-9-3-4-11-15-10(7-18(11)17-9)16-12(19)8-2-1-5-14-6-8/h1-7H,(H,16,19). The lowest BCUT2D eigenvalue weighted by Crippen LogP contribution is -2.12. The molecule has 0 fully saturated rings. The molecule has 0 radical (unpaired) electrons. The van der Waals surface area contributed by atoms with Crippen molar-refractivity contribution in [1.29, 1.82) is 0 Å². The van der Waals surface area contributed by atoms with Crippen LogP contribution in [0.2, 0.25) is 5.15 Å². The number of nitrogens with zero attached hydrogens (tertiary/aromatic N) is 4. The Bertz CT molecular complexity index is 740. The summed E-state index contributed by atoms with van der Waals surface area (Å²) in [6.07, 6.45) is 4.68. The van der Waals surface area contributed by atoms with Crippen LogP contribution in [-0.2, 0) is 0 Å². The Labute approximate surface area is 113 Å². The molecular weight excluding hydrogens is 266 g/mol. The Morgan fingerprint density at radius 3 is 3.00 bits per heavy atom. The molecule has 0 aliphatic heterocycles. The molecule has 0 saturated carbocycles. The largest absolute Gasteiger partial charge is 0.305 e. The Morgan fingerprint density at radius 1 is 1.32 bits per heavy atom. The van der Waals surface area contributed by atoms with Crippen LogP contribution < -0.4 is 5.32 Å². The summed E-state index contributed by atoms with van der Waals surface area (Å²) in [5.74, 6) is 0.131. The fourth-order valence-electron chi connectivity index (χ4n) is 1.60. The van der Waals surface area contributed by atoms with Crippen molar-refractivity contribution in [2.75, 3.05) is 5.32 Å². The topological polar surface area (TPSA) is 72.2 Å². The molecule has 19 heavy (non-hydrogen) atoms. The van der Waals surface area contributed by atoms with E-state index in [1.54, 1.807) is 36.7 Å². The highest BCUT2D eigenvalue weighted by molar-refractivity contribution is 6.29. The summed E-state index contributed by atoms with van der Waals surface area (Å²) in [5, 5.41) is 7.06. The van der Waals surface area contributed by atoms with Gasteiger partial charge in [-0.1, -0.05) is 11.6 Å². The second-order valence-corrected chi connectivity index (χ2v) is 4.17. The number of amides is 1. The molecule has 94 valence electrons. The number of aromatic nitrogens is 4. The molecule has 3 aromatic rings. The number of hydrogen-bond donors (Lipinski definition) is 1. The third-order valence-electron chi connectivity index (χ3n) is 2.45. The SMILES string of the molecule is O=C(Nc1cn2nc(Cl)ccc2n1)c1cccnc1. The van der Waals surface area contributed by atoms with Crippen molar-refractivity contribution in [1.82, 2.24) is 19.6 Å².